The standard InChI is InChI=1S/C32H26FNO4/c33-26-16-14-24(15-17-26)30(35)28-29(34(32(37)31(28)36)19-18-22-8-3-1-4-9-22)25-12-7-13-27(20-25)38-21-23-10-5-2-6-11-23/h1-17,20,29,35H,18-19,21H2/b30-28+. The summed E-state index contributed by atoms with van der Waals surface area (Å²) in [6.45, 7) is 0.628. The van der Waals surface area contributed by atoms with Gasteiger partial charge in [0.25, 0.3) is 11.7 Å². The average molecular weight is 508 g/mol. The average Bonchev–Trinajstić information content (AvgIpc) is 3.21. The molecule has 4 aromatic rings. The molecular formula is C32H26FNO4. The number of aliphatic hydroxyl groups excluding tert-OH is 1. The number of carbonyl (C=O) groups is 2. The molecule has 38 heavy (non-hydrogen) atoms. The molecule has 1 amide bonds. The Morgan fingerprint density at radius 1 is 0.816 bits per heavy atom. The molecular weight excluding hydrogens is 481 g/mol. The highest BCUT2D eigenvalue weighted by Gasteiger charge is 2.46. The van der Waals surface area contributed by atoms with E-state index in [-0.39, 0.29) is 23.4 Å². The number of ether oxygens (including phenoxy) is 1. The zero-order valence-electron chi connectivity index (χ0n) is 20.6. The summed E-state index contributed by atoms with van der Waals surface area (Å²) < 4.78 is 19.5. The van der Waals surface area contributed by atoms with Crippen LogP contribution in [-0.2, 0) is 22.6 Å². The normalized spacial score (nSPS) is 16.6. The maximum atomic E-state index is 13.5. The molecule has 1 fully saturated rings. The maximum Gasteiger partial charge on any atom is 0.295 e. The topological polar surface area (TPSA) is 66.8 Å². The van der Waals surface area contributed by atoms with E-state index in [2.05, 4.69) is 0 Å². The number of nitrogens with zero attached hydrogens (tertiary/aromatic N) is 1. The van der Waals surface area contributed by atoms with Crippen molar-refractivity contribution < 1.29 is 23.8 Å². The van der Waals surface area contributed by atoms with E-state index in [1.807, 2.05) is 66.7 Å². The van der Waals surface area contributed by atoms with Crippen molar-refractivity contribution in [1.82, 2.24) is 4.90 Å². The van der Waals surface area contributed by atoms with Crippen molar-refractivity contribution in [2.45, 2.75) is 19.1 Å². The first-order valence-electron chi connectivity index (χ1n) is 12.4. The highest BCUT2D eigenvalue weighted by Crippen LogP contribution is 2.40. The first-order valence-corrected chi connectivity index (χ1v) is 12.4. The number of aliphatic hydroxyl groups is 1. The fourth-order valence-corrected chi connectivity index (χ4v) is 4.63. The SMILES string of the molecule is O=C1C(=O)N(CCc2ccccc2)C(c2cccc(OCc3ccccc3)c2)/C1=C(\O)c1ccc(F)cc1. The molecule has 0 radical (unpaired) electrons. The van der Waals surface area contributed by atoms with Crippen LogP contribution in [0.4, 0.5) is 4.39 Å². The van der Waals surface area contributed by atoms with Crippen LogP contribution in [0.2, 0.25) is 0 Å². The van der Waals surface area contributed by atoms with Crippen LogP contribution >= 0.6 is 0 Å². The van der Waals surface area contributed by atoms with Gasteiger partial charge >= 0.3 is 0 Å². The van der Waals surface area contributed by atoms with Crippen molar-refractivity contribution in [1.29, 1.82) is 0 Å². The molecule has 1 atom stereocenters. The van der Waals surface area contributed by atoms with Gasteiger partial charge in [-0.1, -0.05) is 72.8 Å². The van der Waals surface area contributed by atoms with Gasteiger partial charge in [0.2, 0.25) is 0 Å². The van der Waals surface area contributed by atoms with Gasteiger partial charge in [-0.2, -0.15) is 0 Å². The number of ketones is 1. The minimum Gasteiger partial charge on any atom is -0.507 e. The highest BCUT2D eigenvalue weighted by atomic mass is 19.1. The van der Waals surface area contributed by atoms with Gasteiger partial charge in [-0.05, 0) is 59.5 Å². The molecule has 0 saturated carbocycles. The predicted molar refractivity (Wildman–Crippen MR) is 143 cm³/mol. The fourth-order valence-electron chi connectivity index (χ4n) is 4.63. The third-order valence-corrected chi connectivity index (χ3v) is 6.56. The third kappa shape index (κ3) is 5.34. The van der Waals surface area contributed by atoms with E-state index in [0.717, 1.165) is 11.1 Å². The summed E-state index contributed by atoms with van der Waals surface area (Å²) >= 11 is 0. The van der Waals surface area contributed by atoms with E-state index in [1.54, 1.807) is 18.2 Å². The Labute approximate surface area is 220 Å². The molecule has 0 bridgehead atoms. The van der Waals surface area contributed by atoms with Gasteiger partial charge < -0.3 is 14.7 Å². The van der Waals surface area contributed by atoms with E-state index in [4.69, 9.17) is 4.74 Å². The number of amides is 1. The molecule has 1 aliphatic heterocycles. The minimum absolute atomic E-state index is 0.0325. The third-order valence-electron chi connectivity index (χ3n) is 6.56. The molecule has 1 N–H and O–H groups in total. The van der Waals surface area contributed by atoms with Gasteiger partial charge in [0, 0.05) is 12.1 Å². The van der Waals surface area contributed by atoms with Crippen LogP contribution in [0.3, 0.4) is 0 Å². The number of rotatable bonds is 8. The van der Waals surface area contributed by atoms with Crippen LogP contribution < -0.4 is 4.74 Å². The first-order chi connectivity index (χ1) is 18.5. The van der Waals surface area contributed by atoms with Crippen LogP contribution in [0.1, 0.15) is 28.3 Å². The van der Waals surface area contributed by atoms with E-state index >= 15 is 0 Å². The van der Waals surface area contributed by atoms with Crippen LogP contribution in [0.5, 0.6) is 5.75 Å². The lowest BCUT2D eigenvalue weighted by atomic mass is 9.95. The molecule has 0 aliphatic carbocycles. The molecule has 6 heteroatoms. The Balaban J connectivity index is 1.52. The molecule has 5 rings (SSSR count). The number of halogens is 1. The van der Waals surface area contributed by atoms with Crippen molar-refractivity contribution in [2.75, 3.05) is 6.54 Å². The Morgan fingerprint density at radius 2 is 1.47 bits per heavy atom. The van der Waals surface area contributed by atoms with Crippen LogP contribution in [-0.4, -0.2) is 28.2 Å². The van der Waals surface area contributed by atoms with Crippen LogP contribution in [0.25, 0.3) is 5.76 Å². The zero-order valence-corrected chi connectivity index (χ0v) is 20.6. The van der Waals surface area contributed by atoms with Crippen molar-refractivity contribution in [3.8, 4) is 5.75 Å². The summed E-state index contributed by atoms with van der Waals surface area (Å²) in [6, 6.07) is 31.0. The second kappa shape index (κ2) is 11.1. The highest BCUT2D eigenvalue weighted by molar-refractivity contribution is 6.46. The summed E-state index contributed by atoms with van der Waals surface area (Å²) in [6.07, 6.45) is 0.533. The predicted octanol–water partition coefficient (Wildman–Crippen LogP) is 6.07. The van der Waals surface area contributed by atoms with Crippen LogP contribution in [0, 0.1) is 5.82 Å². The molecule has 1 saturated heterocycles. The van der Waals surface area contributed by atoms with Crippen molar-refractivity contribution >= 4 is 17.4 Å². The van der Waals surface area contributed by atoms with Crippen LogP contribution in [0.15, 0.2) is 115 Å². The number of benzene rings is 4. The Hall–Kier alpha value is -4.71. The van der Waals surface area contributed by atoms with Crippen molar-refractivity contribution in [3.05, 3.63) is 143 Å². The van der Waals surface area contributed by atoms with E-state index < -0.39 is 23.5 Å². The van der Waals surface area contributed by atoms with Gasteiger partial charge in [-0.25, -0.2) is 4.39 Å². The Bertz CT molecular complexity index is 1470. The molecule has 0 aromatic heterocycles. The smallest absolute Gasteiger partial charge is 0.295 e. The number of carbonyl (C=O) groups excluding carboxylic acids is 2. The summed E-state index contributed by atoms with van der Waals surface area (Å²) in [5.74, 6) is -1.71. The van der Waals surface area contributed by atoms with Gasteiger partial charge in [0.05, 0.1) is 11.6 Å². The molecule has 1 aliphatic rings. The van der Waals surface area contributed by atoms with Crippen molar-refractivity contribution in [3.63, 3.8) is 0 Å². The van der Waals surface area contributed by atoms with E-state index in [0.29, 0.717) is 24.3 Å². The summed E-state index contributed by atoms with van der Waals surface area (Å²) in [5.41, 5.74) is 2.88. The molecule has 4 aromatic carbocycles. The maximum absolute atomic E-state index is 13.5. The zero-order chi connectivity index (χ0) is 26.5. The number of hydrogen-bond donors (Lipinski definition) is 1. The summed E-state index contributed by atoms with van der Waals surface area (Å²) in [4.78, 5) is 28.0. The van der Waals surface area contributed by atoms with E-state index in [1.165, 1.54) is 29.2 Å². The van der Waals surface area contributed by atoms with Gasteiger partial charge in [-0.3, -0.25) is 9.59 Å². The minimum atomic E-state index is -0.830. The quantitative estimate of drug-likeness (QED) is 0.179. The lowest BCUT2D eigenvalue weighted by Crippen LogP contribution is -2.31. The number of hydrogen-bond acceptors (Lipinski definition) is 4. The fraction of sp³-hybridized carbons (Fsp3) is 0.125. The van der Waals surface area contributed by atoms with Gasteiger partial charge in [0.15, 0.2) is 0 Å². The molecule has 190 valence electrons. The lowest BCUT2D eigenvalue weighted by Gasteiger charge is -2.26. The monoisotopic (exact) mass is 507 g/mol. The summed E-state index contributed by atoms with van der Waals surface area (Å²) in [5, 5.41) is 11.2. The second-order valence-electron chi connectivity index (χ2n) is 9.08. The second-order valence-corrected chi connectivity index (χ2v) is 9.08. The Morgan fingerprint density at radius 3 is 2.16 bits per heavy atom. The molecule has 5 nitrogen and oxygen atoms in total. The lowest BCUT2D eigenvalue weighted by molar-refractivity contribution is -0.139. The summed E-state index contributed by atoms with van der Waals surface area (Å²) in [7, 11) is 0. The van der Waals surface area contributed by atoms with Gasteiger partial charge in [-0.15, -0.1) is 0 Å². The van der Waals surface area contributed by atoms with Crippen molar-refractivity contribution in [2.24, 2.45) is 0 Å². The Kier molecular flexibility index (Phi) is 7.31. The van der Waals surface area contributed by atoms with Gasteiger partial charge in [0.1, 0.15) is 23.9 Å². The van der Waals surface area contributed by atoms with E-state index in [9.17, 15) is 19.1 Å². The first kappa shape index (κ1) is 25.0. The number of Topliss-reactive ketones (excluding diaryl/α,β-unsaturated/α-hetero) is 1. The largest absolute Gasteiger partial charge is 0.507 e. The molecule has 1 heterocycles. The molecule has 1 unspecified atom stereocenters. The molecule has 0 spiro atoms. The number of likely N-dealkylation sites (tertiary alicyclic amines) is 1.